The number of hydrogen-bond donors (Lipinski definition) is 1. The van der Waals surface area contributed by atoms with Gasteiger partial charge in [0.25, 0.3) is 0 Å². The molecule has 0 aliphatic carbocycles. The molecule has 108 valence electrons. The lowest BCUT2D eigenvalue weighted by atomic mass is 10.2. The third-order valence-electron chi connectivity index (χ3n) is 2.94. The largest absolute Gasteiger partial charge is 0.454 e. The van der Waals surface area contributed by atoms with E-state index < -0.39 is 0 Å². The van der Waals surface area contributed by atoms with E-state index in [-0.39, 0.29) is 0 Å². The Kier molecular flexibility index (Phi) is 5.12. The van der Waals surface area contributed by atoms with Crippen molar-refractivity contribution in [3.05, 3.63) is 36.4 Å². The maximum atomic E-state index is 5.91. The summed E-state index contributed by atoms with van der Waals surface area (Å²) in [6.07, 6.45) is 8.34. The van der Waals surface area contributed by atoms with Crippen LogP contribution in [0.15, 0.2) is 30.9 Å². The van der Waals surface area contributed by atoms with Crippen LogP contribution in [-0.2, 0) is 6.54 Å². The molecule has 0 fully saturated rings. The summed E-state index contributed by atoms with van der Waals surface area (Å²) in [6, 6.07) is 2.21. The first kappa shape index (κ1) is 14.5. The predicted molar refractivity (Wildman–Crippen MR) is 78.9 cm³/mol. The molecule has 0 saturated carbocycles. The molecular formula is C15H22N4O. The van der Waals surface area contributed by atoms with Crippen molar-refractivity contribution >= 4 is 0 Å². The minimum atomic E-state index is 0.329. The van der Waals surface area contributed by atoms with Crippen molar-refractivity contribution < 1.29 is 4.74 Å². The maximum absolute atomic E-state index is 5.91. The second-order valence-electron chi connectivity index (χ2n) is 5.01. The highest BCUT2D eigenvalue weighted by Gasteiger charge is 2.07. The molecule has 0 atom stereocenters. The van der Waals surface area contributed by atoms with Gasteiger partial charge in [0.05, 0.1) is 12.4 Å². The lowest BCUT2D eigenvalue weighted by Crippen LogP contribution is -2.14. The summed E-state index contributed by atoms with van der Waals surface area (Å²) in [5, 5.41) is 7.64. The topological polar surface area (TPSA) is 52.0 Å². The van der Waals surface area contributed by atoms with Gasteiger partial charge in [0, 0.05) is 30.5 Å². The zero-order valence-corrected chi connectivity index (χ0v) is 12.3. The summed E-state index contributed by atoms with van der Waals surface area (Å²) in [5.41, 5.74) is 1.05. The first-order chi connectivity index (χ1) is 9.70. The fourth-order valence-corrected chi connectivity index (χ4v) is 1.83. The van der Waals surface area contributed by atoms with Gasteiger partial charge in [-0.15, -0.1) is 0 Å². The summed E-state index contributed by atoms with van der Waals surface area (Å²) >= 11 is 0. The average molecular weight is 274 g/mol. The molecule has 1 N–H and O–H groups in total. The van der Waals surface area contributed by atoms with E-state index in [9.17, 15) is 0 Å². The highest BCUT2D eigenvalue weighted by Crippen LogP contribution is 2.24. The minimum Gasteiger partial charge on any atom is -0.454 e. The molecule has 0 spiro atoms. The Balaban J connectivity index is 2.07. The maximum Gasteiger partial charge on any atom is 0.165 e. The molecule has 0 bridgehead atoms. The van der Waals surface area contributed by atoms with Gasteiger partial charge < -0.3 is 10.1 Å². The predicted octanol–water partition coefficient (Wildman–Crippen LogP) is 3.15. The molecule has 5 nitrogen and oxygen atoms in total. The molecule has 2 aromatic rings. The average Bonchev–Trinajstić information content (AvgIpc) is 2.90. The van der Waals surface area contributed by atoms with E-state index in [1.807, 2.05) is 23.1 Å². The van der Waals surface area contributed by atoms with E-state index in [1.165, 1.54) is 0 Å². The van der Waals surface area contributed by atoms with E-state index in [2.05, 4.69) is 36.2 Å². The minimum absolute atomic E-state index is 0.329. The van der Waals surface area contributed by atoms with Gasteiger partial charge in [0.15, 0.2) is 5.75 Å². The lowest BCUT2D eigenvalue weighted by Gasteiger charge is -2.10. The van der Waals surface area contributed by atoms with Gasteiger partial charge in [-0.2, -0.15) is 5.10 Å². The zero-order valence-electron chi connectivity index (χ0n) is 12.3. The zero-order chi connectivity index (χ0) is 14.4. The molecule has 0 aliphatic rings. The molecule has 2 heterocycles. The van der Waals surface area contributed by atoms with E-state index in [0.29, 0.717) is 6.04 Å². The van der Waals surface area contributed by atoms with E-state index in [0.717, 1.165) is 36.6 Å². The van der Waals surface area contributed by atoms with Crippen LogP contribution in [0.3, 0.4) is 0 Å². The fourth-order valence-electron chi connectivity index (χ4n) is 1.83. The van der Waals surface area contributed by atoms with E-state index in [4.69, 9.17) is 4.74 Å². The summed E-state index contributed by atoms with van der Waals surface area (Å²) in [6.45, 7) is 8.07. The molecule has 0 radical (unpaired) electrons. The van der Waals surface area contributed by atoms with Crippen LogP contribution >= 0.6 is 0 Å². The highest BCUT2D eigenvalue weighted by atomic mass is 16.5. The van der Waals surface area contributed by atoms with E-state index in [1.54, 1.807) is 12.4 Å². The molecule has 2 rings (SSSR count). The molecule has 0 saturated heterocycles. The van der Waals surface area contributed by atoms with Crippen LogP contribution in [0, 0.1) is 0 Å². The molecule has 0 aromatic carbocycles. The number of hydrogen-bond acceptors (Lipinski definition) is 4. The standard InChI is InChI=1S/C15H22N4O/c1-4-6-16-8-13-9-17-7-5-15(13)20-14-10-18-19(11-14)12(2)3/h5,7,9-12,16H,4,6,8H2,1-3H3. The number of rotatable bonds is 7. The number of nitrogens with zero attached hydrogens (tertiary/aromatic N) is 3. The van der Waals surface area contributed by atoms with Gasteiger partial charge in [-0.05, 0) is 32.9 Å². The van der Waals surface area contributed by atoms with Gasteiger partial charge >= 0.3 is 0 Å². The number of aromatic nitrogens is 3. The number of nitrogens with one attached hydrogen (secondary N) is 1. The number of pyridine rings is 1. The summed E-state index contributed by atoms with van der Waals surface area (Å²) < 4.78 is 7.79. The van der Waals surface area contributed by atoms with Gasteiger partial charge in [0.2, 0.25) is 0 Å². The SMILES string of the molecule is CCCNCc1cnccc1Oc1cnn(C(C)C)c1. The van der Waals surface area contributed by atoms with Crippen molar-refractivity contribution in [2.75, 3.05) is 6.54 Å². The first-order valence-corrected chi connectivity index (χ1v) is 7.06. The molecule has 20 heavy (non-hydrogen) atoms. The normalized spacial score (nSPS) is 11.0. The molecule has 2 aromatic heterocycles. The summed E-state index contributed by atoms with van der Waals surface area (Å²) in [4.78, 5) is 4.16. The smallest absolute Gasteiger partial charge is 0.165 e. The molecule has 0 aliphatic heterocycles. The van der Waals surface area contributed by atoms with Gasteiger partial charge in [-0.3, -0.25) is 9.67 Å². The van der Waals surface area contributed by atoms with Gasteiger partial charge in [-0.1, -0.05) is 6.92 Å². The Morgan fingerprint density at radius 1 is 1.35 bits per heavy atom. The summed E-state index contributed by atoms with van der Waals surface area (Å²) in [5.74, 6) is 1.58. The quantitative estimate of drug-likeness (QED) is 0.788. The third-order valence-corrected chi connectivity index (χ3v) is 2.94. The van der Waals surface area contributed by atoms with Crippen LogP contribution in [0.1, 0.15) is 38.8 Å². The highest BCUT2D eigenvalue weighted by molar-refractivity contribution is 5.34. The van der Waals surface area contributed by atoms with Crippen molar-refractivity contribution in [3.8, 4) is 11.5 Å². The van der Waals surface area contributed by atoms with Crippen LogP contribution in [0.2, 0.25) is 0 Å². The van der Waals surface area contributed by atoms with Crippen molar-refractivity contribution in [1.29, 1.82) is 0 Å². The van der Waals surface area contributed by atoms with Gasteiger partial charge in [0.1, 0.15) is 5.75 Å². The summed E-state index contributed by atoms with van der Waals surface area (Å²) in [7, 11) is 0. The van der Waals surface area contributed by atoms with Crippen molar-refractivity contribution in [3.63, 3.8) is 0 Å². The first-order valence-electron chi connectivity index (χ1n) is 7.06. The van der Waals surface area contributed by atoms with Crippen LogP contribution in [0.5, 0.6) is 11.5 Å². The Bertz CT molecular complexity index is 536. The second kappa shape index (κ2) is 7.05. The Hall–Kier alpha value is -1.88. The van der Waals surface area contributed by atoms with Crippen molar-refractivity contribution in [2.24, 2.45) is 0 Å². The fraction of sp³-hybridized carbons (Fsp3) is 0.467. The monoisotopic (exact) mass is 274 g/mol. The number of ether oxygens (including phenoxy) is 1. The lowest BCUT2D eigenvalue weighted by molar-refractivity contribution is 0.467. The molecule has 0 amide bonds. The van der Waals surface area contributed by atoms with Crippen LogP contribution in [-0.4, -0.2) is 21.3 Å². The van der Waals surface area contributed by atoms with E-state index >= 15 is 0 Å². The molecule has 5 heteroatoms. The van der Waals surface area contributed by atoms with Gasteiger partial charge in [-0.25, -0.2) is 0 Å². The van der Waals surface area contributed by atoms with Crippen molar-refractivity contribution in [2.45, 2.75) is 39.8 Å². The Morgan fingerprint density at radius 2 is 2.20 bits per heavy atom. The van der Waals surface area contributed by atoms with Crippen molar-refractivity contribution in [1.82, 2.24) is 20.1 Å². The van der Waals surface area contributed by atoms with Crippen LogP contribution in [0.25, 0.3) is 0 Å². The molecular weight excluding hydrogens is 252 g/mol. The Labute approximate surface area is 120 Å². The Morgan fingerprint density at radius 3 is 2.90 bits per heavy atom. The third kappa shape index (κ3) is 3.81. The van der Waals surface area contributed by atoms with Crippen LogP contribution < -0.4 is 10.1 Å². The van der Waals surface area contributed by atoms with Crippen LogP contribution in [0.4, 0.5) is 0 Å². The molecule has 0 unspecified atom stereocenters. The second-order valence-corrected chi connectivity index (χ2v) is 5.01.